The average Bonchev–Trinajstić information content (AvgIpc) is 3.30. The van der Waals surface area contributed by atoms with Crippen molar-refractivity contribution in [1.29, 1.82) is 0 Å². The van der Waals surface area contributed by atoms with E-state index in [1.807, 2.05) is 49.5 Å². The van der Waals surface area contributed by atoms with Gasteiger partial charge >= 0.3 is 11.9 Å². The van der Waals surface area contributed by atoms with Gasteiger partial charge in [0.05, 0.1) is 26.1 Å². The fourth-order valence-corrected chi connectivity index (χ4v) is 3.14. The van der Waals surface area contributed by atoms with Crippen LogP contribution < -0.4 is 10.1 Å². The number of pyridine rings is 1. The number of oxazole rings is 1. The van der Waals surface area contributed by atoms with Crippen molar-refractivity contribution in [2.75, 3.05) is 26.1 Å². The molecule has 2 N–H and O–H groups in total. The molecule has 168 valence electrons. The molecule has 2 aromatic heterocycles. The fourth-order valence-electron chi connectivity index (χ4n) is 3.14. The van der Waals surface area contributed by atoms with Crippen LogP contribution in [0, 0.1) is 0 Å². The zero-order valence-corrected chi connectivity index (χ0v) is 17.9. The molecule has 0 amide bonds. The maximum absolute atomic E-state index is 11.8. The number of nitrogens with one attached hydrogen (secondary N) is 1. The summed E-state index contributed by atoms with van der Waals surface area (Å²) in [5.74, 6) is -0.355. The van der Waals surface area contributed by atoms with E-state index in [2.05, 4.69) is 15.3 Å². The van der Waals surface area contributed by atoms with Crippen LogP contribution in [0.5, 0.6) is 5.75 Å². The Bertz CT molecular complexity index is 1050. The van der Waals surface area contributed by atoms with E-state index in [1.165, 1.54) is 7.11 Å². The molecular weight excluding hydrogens is 414 g/mol. The maximum atomic E-state index is 11.8. The van der Waals surface area contributed by atoms with Crippen LogP contribution in [0.15, 0.2) is 53.1 Å². The van der Waals surface area contributed by atoms with Gasteiger partial charge in [-0.1, -0.05) is 18.2 Å². The fraction of sp³-hybridized carbons (Fsp3) is 0.304. The molecule has 0 fully saturated rings. The quantitative estimate of drug-likeness (QED) is 0.433. The number of nitrogens with zero attached hydrogens (tertiary/aromatic N) is 2. The molecule has 0 radical (unpaired) electrons. The number of methoxy groups -OCH3 is 1. The molecule has 0 aliphatic heterocycles. The van der Waals surface area contributed by atoms with Crippen LogP contribution in [0.1, 0.15) is 40.0 Å². The number of hydrogen-bond acceptors (Lipinski definition) is 8. The number of carbonyl (C=O) groups excluding carboxylic acids is 1. The van der Waals surface area contributed by atoms with Crippen LogP contribution >= 0.6 is 0 Å². The van der Waals surface area contributed by atoms with Gasteiger partial charge in [0.2, 0.25) is 0 Å². The number of hydrogen-bond donors (Lipinski definition) is 2. The number of anilines is 1. The zero-order valence-electron chi connectivity index (χ0n) is 17.9. The van der Waals surface area contributed by atoms with E-state index in [9.17, 15) is 9.59 Å². The molecule has 1 atom stereocenters. The number of ether oxygens (including phenoxy) is 2. The predicted molar refractivity (Wildman–Crippen MR) is 116 cm³/mol. The summed E-state index contributed by atoms with van der Waals surface area (Å²) >= 11 is 0. The highest BCUT2D eigenvalue weighted by atomic mass is 16.5. The van der Waals surface area contributed by atoms with Gasteiger partial charge in [-0.05, 0) is 36.2 Å². The van der Waals surface area contributed by atoms with E-state index in [0.717, 1.165) is 23.3 Å². The van der Waals surface area contributed by atoms with E-state index < -0.39 is 17.9 Å². The summed E-state index contributed by atoms with van der Waals surface area (Å²) in [6.07, 6.45) is 2.19. The van der Waals surface area contributed by atoms with E-state index in [0.29, 0.717) is 25.2 Å². The van der Waals surface area contributed by atoms with E-state index in [1.54, 1.807) is 0 Å². The lowest BCUT2D eigenvalue weighted by molar-refractivity contribution is -0.141. The summed E-state index contributed by atoms with van der Waals surface area (Å²) < 4.78 is 15.9. The molecule has 0 saturated heterocycles. The Kier molecular flexibility index (Phi) is 7.80. The smallest absolute Gasteiger partial charge is 0.357 e. The molecule has 9 nitrogen and oxygen atoms in total. The molecule has 3 rings (SSSR count). The monoisotopic (exact) mass is 439 g/mol. The third-order valence-electron chi connectivity index (χ3n) is 4.83. The first-order valence-electron chi connectivity index (χ1n) is 10.1. The predicted octanol–water partition coefficient (Wildman–Crippen LogP) is 3.32. The van der Waals surface area contributed by atoms with Crippen molar-refractivity contribution >= 4 is 17.8 Å². The molecule has 0 saturated carbocycles. The lowest BCUT2D eigenvalue weighted by atomic mass is 9.96. The van der Waals surface area contributed by atoms with Crippen molar-refractivity contribution in [3.05, 3.63) is 71.6 Å². The van der Waals surface area contributed by atoms with Crippen molar-refractivity contribution < 1.29 is 28.6 Å². The number of carbonyl (C=O) groups is 2. The van der Waals surface area contributed by atoms with E-state index >= 15 is 0 Å². The normalized spacial score (nSPS) is 11.6. The molecule has 32 heavy (non-hydrogen) atoms. The first-order valence-corrected chi connectivity index (χ1v) is 10.1. The van der Waals surface area contributed by atoms with Crippen LogP contribution in [-0.2, 0) is 22.4 Å². The minimum atomic E-state index is -1.19. The first-order chi connectivity index (χ1) is 15.5. The number of esters is 1. The van der Waals surface area contributed by atoms with Gasteiger partial charge in [0.15, 0.2) is 11.6 Å². The largest absolute Gasteiger partial charge is 0.493 e. The van der Waals surface area contributed by atoms with Crippen molar-refractivity contribution in [2.45, 2.75) is 25.2 Å². The summed E-state index contributed by atoms with van der Waals surface area (Å²) in [4.78, 5) is 31.3. The molecule has 0 aliphatic carbocycles. The van der Waals surface area contributed by atoms with Crippen LogP contribution in [0.2, 0.25) is 0 Å². The lowest BCUT2D eigenvalue weighted by Crippen LogP contribution is -2.12. The van der Waals surface area contributed by atoms with Crippen molar-refractivity contribution in [3.8, 4) is 5.75 Å². The van der Waals surface area contributed by atoms with Gasteiger partial charge in [-0.2, -0.15) is 0 Å². The van der Waals surface area contributed by atoms with Gasteiger partial charge in [0.1, 0.15) is 17.8 Å². The summed E-state index contributed by atoms with van der Waals surface area (Å²) in [5, 5.41) is 12.1. The Labute approximate surface area is 185 Å². The second-order valence-electron chi connectivity index (χ2n) is 7.06. The van der Waals surface area contributed by atoms with Crippen molar-refractivity contribution in [1.82, 2.24) is 9.97 Å². The Morgan fingerprint density at radius 3 is 2.59 bits per heavy atom. The van der Waals surface area contributed by atoms with Gasteiger partial charge in [0, 0.05) is 19.2 Å². The topological polar surface area (TPSA) is 124 Å². The molecule has 3 aromatic rings. The minimum absolute atomic E-state index is 0.0208. The number of rotatable bonds is 11. The maximum Gasteiger partial charge on any atom is 0.357 e. The van der Waals surface area contributed by atoms with Gasteiger partial charge in [-0.3, -0.25) is 4.79 Å². The number of benzene rings is 1. The van der Waals surface area contributed by atoms with Gasteiger partial charge in [-0.15, -0.1) is 0 Å². The number of aromatic carboxylic acids is 1. The highest BCUT2D eigenvalue weighted by Gasteiger charge is 2.23. The van der Waals surface area contributed by atoms with Crippen LogP contribution in [0.25, 0.3) is 0 Å². The molecule has 2 heterocycles. The third kappa shape index (κ3) is 6.31. The van der Waals surface area contributed by atoms with Crippen molar-refractivity contribution in [2.24, 2.45) is 0 Å². The molecule has 0 aliphatic rings. The van der Waals surface area contributed by atoms with E-state index in [4.69, 9.17) is 19.0 Å². The van der Waals surface area contributed by atoms with Gasteiger partial charge in [-0.25, -0.2) is 14.8 Å². The molecule has 0 bridgehead atoms. The molecular formula is C23H25N3O6. The highest BCUT2D eigenvalue weighted by molar-refractivity contribution is 5.84. The number of carboxylic acid groups (broad SMARTS) is 1. The van der Waals surface area contributed by atoms with Crippen LogP contribution in [0.4, 0.5) is 5.82 Å². The summed E-state index contributed by atoms with van der Waals surface area (Å²) in [6, 6.07) is 13.3. The minimum Gasteiger partial charge on any atom is -0.493 e. The molecule has 1 aromatic carbocycles. The average molecular weight is 439 g/mol. The Hall–Kier alpha value is -3.88. The SMILES string of the molecule is CNc1cccc(CCOc2ccc(CC(CC(=O)OC)c3nc(C(=O)O)co3)cc2)n1. The first kappa shape index (κ1) is 22.8. The second kappa shape index (κ2) is 10.9. The molecule has 0 spiro atoms. The lowest BCUT2D eigenvalue weighted by Gasteiger charge is -2.13. The van der Waals surface area contributed by atoms with Gasteiger partial charge < -0.3 is 24.3 Å². The zero-order chi connectivity index (χ0) is 22.9. The Morgan fingerprint density at radius 2 is 1.94 bits per heavy atom. The molecule has 1 unspecified atom stereocenters. The standard InChI is InChI=1S/C23H25N3O6/c1-24-20-5-3-4-17(25-20)10-11-31-18-8-6-15(7-9-18)12-16(13-21(27)30-2)22-26-19(14-32-22)23(28)29/h3-9,14,16H,10-13H2,1-2H3,(H,24,25)(H,28,29). The number of aromatic nitrogens is 2. The summed E-state index contributed by atoms with van der Waals surface area (Å²) in [6.45, 7) is 0.485. The van der Waals surface area contributed by atoms with Gasteiger partial charge in [0.25, 0.3) is 0 Å². The summed E-state index contributed by atoms with van der Waals surface area (Å²) in [5.41, 5.74) is 1.66. The second-order valence-corrected chi connectivity index (χ2v) is 7.06. The van der Waals surface area contributed by atoms with Crippen LogP contribution in [0.3, 0.4) is 0 Å². The Morgan fingerprint density at radius 1 is 1.16 bits per heavy atom. The van der Waals surface area contributed by atoms with E-state index in [-0.39, 0.29) is 18.0 Å². The Balaban J connectivity index is 1.60. The highest BCUT2D eigenvalue weighted by Crippen LogP contribution is 2.26. The summed E-state index contributed by atoms with van der Waals surface area (Å²) in [7, 11) is 3.13. The molecule has 9 heteroatoms. The van der Waals surface area contributed by atoms with Crippen molar-refractivity contribution in [3.63, 3.8) is 0 Å². The third-order valence-corrected chi connectivity index (χ3v) is 4.83. The van der Waals surface area contributed by atoms with Crippen LogP contribution in [-0.4, -0.2) is 47.8 Å². The number of carboxylic acids is 1.